The summed E-state index contributed by atoms with van der Waals surface area (Å²) < 4.78 is 5.00. The fourth-order valence-corrected chi connectivity index (χ4v) is 2.52. The third-order valence-corrected chi connectivity index (χ3v) is 3.76. The fourth-order valence-electron chi connectivity index (χ4n) is 2.52. The SMILES string of the molecule is O=C(ON1C(=O)c2ccccc2C1=O)c1cncc(-c2ccoc2)c1. The van der Waals surface area contributed by atoms with Crippen molar-refractivity contribution in [3.8, 4) is 11.1 Å². The number of furan rings is 1. The molecule has 7 heteroatoms. The van der Waals surface area contributed by atoms with Gasteiger partial charge in [0.15, 0.2) is 0 Å². The Morgan fingerprint density at radius 2 is 1.72 bits per heavy atom. The van der Waals surface area contributed by atoms with Crippen LogP contribution in [0, 0.1) is 0 Å². The minimum absolute atomic E-state index is 0.107. The molecular formula is C18H10N2O5. The smallest absolute Gasteiger partial charge is 0.365 e. The second kappa shape index (κ2) is 5.72. The fraction of sp³-hybridized carbons (Fsp3) is 0. The van der Waals surface area contributed by atoms with E-state index in [0.29, 0.717) is 10.6 Å². The van der Waals surface area contributed by atoms with E-state index < -0.39 is 17.8 Å². The highest BCUT2D eigenvalue weighted by Crippen LogP contribution is 2.24. The molecular weight excluding hydrogens is 324 g/mol. The molecule has 3 heterocycles. The number of imide groups is 1. The molecule has 0 saturated heterocycles. The van der Waals surface area contributed by atoms with Crippen LogP contribution in [0.5, 0.6) is 0 Å². The van der Waals surface area contributed by atoms with Crippen LogP contribution in [0.25, 0.3) is 11.1 Å². The Hall–Kier alpha value is -3.74. The Bertz CT molecular complexity index is 959. The molecule has 0 bridgehead atoms. The number of hydrogen-bond donors (Lipinski definition) is 0. The van der Waals surface area contributed by atoms with Gasteiger partial charge in [0.05, 0.1) is 29.2 Å². The maximum atomic E-state index is 12.3. The predicted octanol–water partition coefficient (Wildman–Crippen LogP) is 2.71. The third-order valence-electron chi connectivity index (χ3n) is 3.76. The van der Waals surface area contributed by atoms with Crippen LogP contribution in [0.4, 0.5) is 0 Å². The van der Waals surface area contributed by atoms with Gasteiger partial charge in [-0.1, -0.05) is 17.2 Å². The van der Waals surface area contributed by atoms with E-state index in [1.54, 1.807) is 30.5 Å². The zero-order chi connectivity index (χ0) is 17.4. The number of hydrogen-bond acceptors (Lipinski definition) is 6. The van der Waals surface area contributed by atoms with Gasteiger partial charge in [-0.05, 0) is 24.3 Å². The number of carbonyl (C=O) groups excluding carboxylic acids is 3. The summed E-state index contributed by atoms with van der Waals surface area (Å²) in [6.07, 6.45) is 5.86. The molecule has 2 aromatic heterocycles. The lowest BCUT2D eigenvalue weighted by Gasteiger charge is -2.12. The topological polar surface area (TPSA) is 89.7 Å². The number of hydroxylamine groups is 2. The first kappa shape index (κ1) is 14.8. The molecule has 0 radical (unpaired) electrons. The van der Waals surface area contributed by atoms with Gasteiger partial charge in [-0.15, -0.1) is 0 Å². The van der Waals surface area contributed by atoms with Gasteiger partial charge in [0.1, 0.15) is 0 Å². The van der Waals surface area contributed by atoms with E-state index in [1.807, 2.05) is 0 Å². The Balaban J connectivity index is 1.58. The molecule has 0 aliphatic carbocycles. The van der Waals surface area contributed by atoms with Crippen molar-refractivity contribution in [3.05, 3.63) is 78.0 Å². The van der Waals surface area contributed by atoms with Crippen LogP contribution in [0.15, 0.2) is 65.7 Å². The molecule has 122 valence electrons. The summed E-state index contributed by atoms with van der Waals surface area (Å²) in [6.45, 7) is 0. The van der Waals surface area contributed by atoms with Gasteiger partial charge in [-0.3, -0.25) is 14.6 Å². The van der Waals surface area contributed by atoms with Crippen LogP contribution < -0.4 is 0 Å². The summed E-state index contributed by atoms with van der Waals surface area (Å²) in [6, 6.07) is 9.53. The Morgan fingerprint density at radius 1 is 1.00 bits per heavy atom. The number of benzene rings is 1. The zero-order valence-electron chi connectivity index (χ0n) is 12.7. The Labute approximate surface area is 141 Å². The molecule has 1 aliphatic rings. The normalized spacial score (nSPS) is 13.0. The van der Waals surface area contributed by atoms with Gasteiger partial charge >= 0.3 is 5.97 Å². The first-order chi connectivity index (χ1) is 12.1. The number of carbonyl (C=O) groups is 3. The standard InChI is InChI=1S/C18H10N2O5/c21-16-14-3-1-2-4-15(14)17(22)20(16)25-18(23)13-7-12(8-19-9-13)11-5-6-24-10-11/h1-10H. The van der Waals surface area contributed by atoms with Gasteiger partial charge in [0.2, 0.25) is 0 Å². The van der Waals surface area contributed by atoms with Crippen molar-refractivity contribution >= 4 is 17.8 Å². The van der Waals surface area contributed by atoms with Crippen LogP contribution in [0.2, 0.25) is 0 Å². The zero-order valence-corrected chi connectivity index (χ0v) is 12.7. The van der Waals surface area contributed by atoms with Crippen molar-refractivity contribution in [2.24, 2.45) is 0 Å². The van der Waals surface area contributed by atoms with Crippen LogP contribution in [-0.4, -0.2) is 27.8 Å². The summed E-state index contributed by atoms with van der Waals surface area (Å²) in [5, 5.41) is 0.470. The van der Waals surface area contributed by atoms with Crippen LogP contribution in [-0.2, 0) is 4.84 Å². The first-order valence-electron chi connectivity index (χ1n) is 7.33. The molecule has 25 heavy (non-hydrogen) atoms. The second-order valence-electron chi connectivity index (χ2n) is 5.30. The molecule has 2 amide bonds. The maximum absolute atomic E-state index is 12.3. The first-order valence-corrected chi connectivity index (χ1v) is 7.33. The summed E-state index contributed by atoms with van der Waals surface area (Å²) >= 11 is 0. The number of rotatable bonds is 3. The number of aromatic nitrogens is 1. The predicted molar refractivity (Wildman–Crippen MR) is 84.3 cm³/mol. The largest absolute Gasteiger partial charge is 0.472 e. The summed E-state index contributed by atoms with van der Waals surface area (Å²) in [5.41, 5.74) is 1.89. The Kier molecular flexibility index (Phi) is 3.39. The van der Waals surface area contributed by atoms with Gasteiger partial charge in [-0.25, -0.2) is 4.79 Å². The van der Waals surface area contributed by atoms with Gasteiger partial charge < -0.3 is 9.25 Å². The van der Waals surface area contributed by atoms with E-state index in [-0.39, 0.29) is 16.7 Å². The molecule has 0 N–H and O–H groups in total. The number of fused-ring (bicyclic) bond motifs is 1. The highest BCUT2D eigenvalue weighted by atomic mass is 16.7. The van der Waals surface area contributed by atoms with Crippen molar-refractivity contribution in [2.45, 2.75) is 0 Å². The molecule has 3 aromatic rings. The minimum atomic E-state index is -0.854. The van der Waals surface area contributed by atoms with Crippen molar-refractivity contribution in [1.82, 2.24) is 10.0 Å². The van der Waals surface area contributed by atoms with E-state index in [4.69, 9.17) is 9.25 Å². The minimum Gasteiger partial charge on any atom is -0.472 e. The molecule has 0 spiro atoms. The van der Waals surface area contributed by atoms with E-state index in [9.17, 15) is 14.4 Å². The number of nitrogens with zero attached hydrogens (tertiary/aromatic N) is 2. The average Bonchev–Trinajstić information content (AvgIpc) is 3.26. The molecule has 1 aliphatic heterocycles. The highest BCUT2D eigenvalue weighted by Gasteiger charge is 2.38. The highest BCUT2D eigenvalue weighted by molar-refractivity contribution is 6.21. The van der Waals surface area contributed by atoms with E-state index in [0.717, 1.165) is 5.56 Å². The summed E-state index contributed by atoms with van der Waals surface area (Å²) in [7, 11) is 0. The van der Waals surface area contributed by atoms with Crippen molar-refractivity contribution in [1.29, 1.82) is 0 Å². The van der Waals surface area contributed by atoms with E-state index in [2.05, 4.69) is 4.98 Å². The lowest BCUT2D eigenvalue weighted by molar-refractivity contribution is -0.0584. The molecule has 0 fully saturated rings. The number of pyridine rings is 1. The van der Waals surface area contributed by atoms with Crippen molar-refractivity contribution in [3.63, 3.8) is 0 Å². The number of amides is 2. The van der Waals surface area contributed by atoms with Crippen LogP contribution in [0.3, 0.4) is 0 Å². The summed E-state index contributed by atoms with van der Waals surface area (Å²) in [4.78, 5) is 45.8. The van der Waals surface area contributed by atoms with Gasteiger partial charge in [0, 0.05) is 23.5 Å². The van der Waals surface area contributed by atoms with E-state index >= 15 is 0 Å². The van der Waals surface area contributed by atoms with Gasteiger partial charge in [-0.2, -0.15) is 0 Å². The Morgan fingerprint density at radius 3 is 2.36 bits per heavy atom. The van der Waals surface area contributed by atoms with E-state index in [1.165, 1.54) is 30.9 Å². The molecule has 0 unspecified atom stereocenters. The third kappa shape index (κ3) is 2.47. The molecule has 0 atom stereocenters. The second-order valence-corrected chi connectivity index (χ2v) is 5.30. The van der Waals surface area contributed by atoms with Crippen LogP contribution >= 0.6 is 0 Å². The quantitative estimate of drug-likeness (QED) is 0.684. The molecule has 0 saturated carbocycles. The van der Waals surface area contributed by atoms with Gasteiger partial charge in [0.25, 0.3) is 11.8 Å². The van der Waals surface area contributed by atoms with Crippen molar-refractivity contribution in [2.75, 3.05) is 0 Å². The molecule has 1 aromatic carbocycles. The summed E-state index contributed by atoms with van der Waals surface area (Å²) in [5.74, 6) is -2.20. The maximum Gasteiger partial charge on any atom is 0.365 e. The monoisotopic (exact) mass is 334 g/mol. The average molecular weight is 334 g/mol. The van der Waals surface area contributed by atoms with Crippen molar-refractivity contribution < 1.29 is 23.6 Å². The van der Waals surface area contributed by atoms with Crippen LogP contribution in [0.1, 0.15) is 31.1 Å². The lowest BCUT2D eigenvalue weighted by Crippen LogP contribution is -2.32. The molecule has 7 nitrogen and oxygen atoms in total. The lowest BCUT2D eigenvalue weighted by atomic mass is 10.1. The molecule has 4 rings (SSSR count).